The third-order valence-corrected chi connectivity index (χ3v) is 6.79. The molecule has 3 aromatic carbocycles. The van der Waals surface area contributed by atoms with Crippen LogP contribution in [-0.2, 0) is 0 Å². The van der Waals surface area contributed by atoms with Crippen molar-refractivity contribution >= 4 is 46.4 Å². The zero-order valence-corrected chi connectivity index (χ0v) is 21.0. The van der Waals surface area contributed by atoms with Crippen LogP contribution in [-0.4, -0.2) is 45.4 Å². The molecule has 1 saturated heterocycles. The first-order chi connectivity index (χ1) is 16.9. The van der Waals surface area contributed by atoms with Gasteiger partial charge in [-0.3, -0.25) is 4.79 Å². The summed E-state index contributed by atoms with van der Waals surface area (Å²) in [6, 6.07) is 24.0. The van der Waals surface area contributed by atoms with Gasteiger partial charge in [0.05, 0.1) is 28.1 Å². The van der Waals surface area contributed by atoms with E-state index < -0.39 is 0 Å². The lowest BCUT2D eigenvalue weighted by Crippen LogP contribution is -2.51. The molecule has 35 heavy (non-hydrogen) atoms. The van der Waals surface area contributed by atoms with E-state index in [-0.39, 0.29) is 11.9 Å². The maximum absolute atomic E-state index is 13.6. The molecule has 4 aromatic rings. The fraction of sp³-hybridized carbons (Fsp3) is 0.192. The van der Waals surface area contributed by atoms with Gasteiger partial charge in [0, 0.05) is 35.7 Å². The third-order valence-electron chi connectivity index (χ3n) is 6.00. The van der Waals surface area contributed by atoms with E-state index in [9.17, 15) is 4.79 Å². The smallest absolute Gasteiger partial charge is 0.276 e. The van der Waals surface area contributed by atoms with Crippen molar-refractivity contribution in [3.8, 4) is 5.69 Å². The van der Waals surface area contributed by atoms with Crippen LogP contribution in [0, 0.1) is 19.1 Å². The summed E-state index contributed by atoms with van der Waals surface area (Å²) in [7, 11) is 0. The Morgan fingerprint density at radius 2 is 1.74 bits per heavy atom. The van der Waals surface area contributed by atoms with Crippen molar-refractivity contribution < 1.29 is 4.79 Å². The van der Waals surface area contributed by atoms with E-state index in [0.717, 1.165) is 11.3 Å². The number of nitrogens with zero attached hydrogens (tertiary/aromatic N) is 5. The predicted octanol–water partition coefficient (Wildman–Crippen LogP) is 5.84. The lowest BCUT2D eigenvalue weighted by Gasteiger charge is -2.43. The molecule has 0 spiro atoms. The van der Waals surface area contributed by atoms with E-state index in [4.69, 9.17) is 34.8 Å². The molecule has 1 amide bonds. The van der Waals surface area contributed by atoms with Gasteiger partial charge in [-0.15, -0.1) is 9.90 Å². The average Bonchev–Trinajstić information content (AvgIpc) is 3.26. The van der Waals surface area contributed by atoms with Crippen LogP contribution in [0.1, 0.15) is 27.8 Å². The molecule has 2 heterocycles. The molecule has 9 heteroatoms. The summed E-state index contributed by atoms with van der Waals surface area (Å²) in [6.07, 6.45) is 0. The third kappa shape index (κ3) is 4.81. The predicted molar refractivity (Wildman–Crippen MR) is 138 cm³/mol. The van der Waals surface area contributed by atoms with Crippen molar-refractivity contribution in [3.63, 3.8) is 0 Å². The van der Waals surface area contributed by atoms with Gasteiger partial charge >= 0.3 is 0 Å². The molecule has 1 aliphatic heterocycles. The highest BCUT2D eigenvalue weighted by Crippen LogP contribution is 2.37. The fourth-order valence-corrected chi connectivity index (χ4v) is 4.89. The Kier molecular flexibility index (Phi) is 6.57. The highest BCUT2D eigenvalue weighted by Gasteiger charge is 2.34. The molecule has 1 fully saturated rings. The number of hydrogen-bond acceptors (Lipinski definition) is 4. The normalized spacial score (nSPS) is 15.7. The SMILES string of the molecule is Cc1nn(-c2cc#ccc2)nc1C(=O)N1CCN(c2ccc(Cl)cc2Cl)C(c2ccc(Cl)cc2)C1. The van der Waals surface area contributed by atoms with Crippen molar-refractivity contribution in [2.75, 3.05) is 24.5 Å². The van der Waals surface area contributed by atoms with Crippen LogP contribution in [0.3, 0.4) is 0 Å². The zero-order chi connectivity index (χ0) is 24.5. The summed E-state index contributed by atoms with van der Waals surface area (Å²) in [4.78, 5) is 19.0. The number of aryl methyl sites for hydroxylation is 1. The number of aromatic nitrogens is 3. The van der Waals surface area contributed by atoms with E-state index in [1.54, 1.807) is 25.1 Å². The van der Waals surface area contributed by atoms with Crippen molar-refractivity contribution in [2.45, 2.75) is 13.0 Å². The van der Waals surface area contributed by atoms with E-state index in [2.05, 4.69) is 27.2 Å². The highest BCUT2D eigenvalue weighted by molar-refractivity contribution is 6.36. The van der Waals surface area contributed by atoms with Crippen LogP contribution < -0.4 is 4.90 Å². The summed E-state index contributed by atoms with van der Waals surface area (Å²) in [6.45, 7) is 3.31. The van der Waals surface area contributed by atoms with Gasteiger partial charge in [-0.2, -0.15) is 5.10 Å². The van der Waals surface area contributed by atoms with Crippen LogP contribution in [0.2, 0.25) is 15.1 Å². The van der Waals surface area contributed by atoms with Crippen LogP contribution >= 0.6 is 34.8 Å². The number of anilines is 1. The van der Waals surface area contributed by atoms with Gasteiger partial charge in [0.2, 0.25) is 0 Å². The summed E-state index contributed by atoms with van der Waals surface area (Å²) < 4.78 is 0. The molecular formula is C26H20Cl3N5O. The largest absolute Gasteiger partial charge is 0.360 e. The van der Waals surface area contributed by atoms with Gasteiger partial charge in [-0.1, -0.05) is 59.1 Å². The van der Waals surface area contributed by atoms with E-state index in [1.807, 2.05) is 47.4 Å². The van der Waals surface area contributed by atoms with Crippen LogP contribution in [0.25, 0.3) is 5.69 Å². The van der Waals surface area contributed by atoms with Crippen LogP contribution in [0.15, 0.2) is 60.7 Å². The topological polar surface area (TPSA) is 54.3 Å². The van der Waals surface area contributed by atoms with Gasteiger partial charge in [-0.25, -0.2) is 0 Å². The first kappa shape index (κ1) is 23.5. The van der Waals surface area contributed by atoms with E-state index >= 15 is 0 Å². The first-order valence-corrected chi connectivity index (χ1v) is 12.1. The van der Waals surface area contributed by atoms with Crippen molar-refractivity contribution in [3.05, 3.63) is 105 Å². The quantitative estimate of drug-likeness (QED) is 0.337. The fourth-order valence-electron chi connectivity index (χ4n) is 4.25. The number of piperazine rings is 1. The molecule has 0 bridgehead atoms. The maximum Gasteiger partial charge on any atom is 0.276 e. The molecule has 5 rings (SSSR count). The van der Waals surface area contributed by atoms with Crippen molar-refractivity contribution in [2.24, 2.45) is 0 Å². The van der Waals surface area contributed by atoms with Crippen molar-refractivity contribution in [1.82, 2.24) is 19.9 Å². The highest BCUT2D eigenvalue weighted by atomic mass is 35.5. The molecule has 6 nitrogen and oxygen atoms in total. The Morgan fingerprint density at radius 3 is 2.46 bits per heavy atom. The molecule has 0 N–H and O–H groups in total. The number of benzene rings is 2. The number of carbonyl (C=O) groups is 1. The van der Waals surface area contributed by atoms with E-state index in [1.165, 1.54) is 4.80 Å². The van der Waals surface area contributed by atoms with E-state index in [0.29, 0.717) is 51.8 Å². The van der Waals surface area contributed by atoms with Gasteiger partial charge < -0.3 is 9.80 Å². The van der Waals surface area contributed by atoms with Crippen LogP contribution in [0.4, 0.5) is 5.69 Å². The second-order valence-electron chi connectivity index (χ2n) is 8.22. The number of rotatable bonds is 4. The summed E-state index contributed by atoms with van der Waals surface area (Å²) in [5, 5.41) is 10.7. The molecule has 176 valence electrons. The minimum absolute atomic E-state index is 0.141. The molecule has 1 atom stereocenters. The Morgan fingerprint density at radius 1 is 0.971 bits per heavy atom. The molecule has 0 radical (unpaired) electrons. The van der Waals surface area contributed by atoms with Gasteiger partial charge in [0.25, 0.3) is 5.91 Å². The minimum atomic E-state index is -0.166. The maximum atomic E-state index is 13.6. The van der Waals surface area contributed by atoms with Crippen molar-refractivity contribution in [1.29, 1.82) is 0 Å². The number of halogens is 3. The molecule has 0 saturated carbocycles. The Balaban J connectivity index is 1.46. The summed E-state index contributed by atoms with van der Waals surface area (Å²) in [5.41, 5.74) is 3.49. The molecule has 0 aliphatic carbocycles. The minimum Gasteiger partial charge on any atom is -0.360 e. The Labute approximate surface area is 218 Å². The van der Waals surface area contributed by atoms with Crippen LogP contribution in [0.5, 0.6) is 0 Å². The summed E-state index contributed by atoms with van der Waals surface area (Å²) in [5.74, 6) is -0.166. The standard InChI is InChI=1S/C26H20Cl3N5O/c1-17-25(31-34(30-17)21-5-3-2-4-6-21)26(35)32-13-14-33(23-12-11-20(28)15-22(23)29)24(16-32)18-7-9-19(27)10-8-18/h3,5-12,15,24H,13-14,16H2,1H3. The lowest BCUT2D eigenvalue weighted by atomic mass is 10.0. The monoisotopic (exact) mass is 523 g/mol. The molecule has 1 aliphatic rings. The second kappa shape index (κ2) is 9.79. The lowest BCUT2D eigenvalue weighted by molar-refractivity contribution is 0.0714. The molecular weight excluding hydrogens is 505 g/mol. The second-order valence-corrected chi connectivity index (χ2v) is 9.50. The molecule has 1 unspecified atom stereocenters. The van der Waals surface area contributed by atoms with Gasteiger partial charge in [0.1, 0.15) is 0 Å². The number of carbonyl (C=O) groups excluding carboxylic acids is 1. The molecule has 1 aromatic heterocycles. The first-order valence-electron chi connectivity index (χ1n) is 11.0. The number of hydrogen-bond donors (Lipinski definition) is 0. The van der Waals surface area contributed by atoms with Gasteiger partial charge in [-0.05, 0) is 55.0 Å². The number of amides is 1. The Hall–Kier alpha value is -3.24. The Bertz CT molecular complexity index is 1360. The average molecular weight is 525 g/mol. The zero-order valence-electron chi connectivity index (χ0n) is 18.8. The van der Waals surface area contributed by atoms with Gasteiger partial charge in [0.15, 0.2) is 5.69 Å². The summed E-state index contributed by atoms with van der Waals surface area (Å²) >= 11 is 18.8.